The number of rotatable bonds is 1. The van der Waals surface area contributed by atoms with Gasteiger partial charge in [-0.3, -0.25) is 0 Å². The van der Waals surface area contributed by atoms with E-state index in [1.54, 1.807) is 12.1 Å². The van der Waals surface area contributed by atoms with Crippen LogP contribution in [0, 0.1) is 5.82 Å². The summed E-state index contributed by atoms with van der Waals surface area (Å²) >= 11 is 3.37. The first-order valence-corrected chi connectivity index (χ1v) is 5.16. The van der Waals surface area contributed by atoms with Crippen molar-refractivity contribution in [1.29, 1.82) is 0 Å². The van der Waals surface area contributed by atoms with E-state index in [4.69, 9.17) is 0 Å². The van der Waals surface area contributed by atoms with Crippen LogP contribution < -0.4 is 0 Å². The summed E-state index contributed by atoms with van der Waals surface area (Å²) in [6.45, 7) is 0. The predicted molar refractivity (Wildman–Crippen MR) is 56.5 cm³/mol. The molecule has 0 aliphatic carbocycles. The lowest BCUT2D eigenvalue weighted by atomic mass is 10.1. The third-order valence-corrected chi connectivity index (χ3v) is 2.67. The van der Waals surface area contributed by atoms with Gasteiger partial charge < -0.3 is 0 Å². The van der Waals surface area contributed by atoms with Crippen LogP contribution in [-0.4, -0.2) is 0 Å². The maximum absolute atomic E-state index is 12.9. The van der Waals surface area contributed by atoms with Crippen molar-refractivity contribution in [2.24, 2.45) is 0 Å². The summed E-state index contributed by atoms with van der Waals surface area (Å²) < 4.78 is 12.9. The average molecular weight is 239 g/mol. The molecule has 0 radical (unpaired) electrons. The fraction of sp³-hybridized carbons (Fsp3) is 0.0909. The molecule has 0 fully saturated rings. The van der Waals surface area contributed by atoms with E-state index in [1.807, 2.05) is 18.2 Å². The van der Waals surface area contributed by atoms with Gasteiger partial charge in [0, 0.05) is 5.33 Å². The van der Waals surface area contributed by atoms with Gasteiger partial charge in [-0.05, 0) is 28.5 Å². The van der Waals surface area contributed by atoms with E-state index in [0.29, 0.717) is 0 Å². The van der Waals surface area contributed by atoms with Crippen molar-refractivity contribution >= 4 is 26.7 Å². The number of hydrogen-bond donors (Lipinski definition) is 0. The highest BCUT2D eigenvalue weighted by Gasteiger charge is 1.96. The van der Waals surface area contributed by atoms with Crippen molar-refractivity contribution in [3.8, 4) is 0 Å². The highest BCUT2D eigenvalue weighted by atomic mass is 79.9. The van der Waals surface area contributed by atoms with Crippen LogP contribution >= 0.6 is 15.9 Å². The lowest BCUT2D eigenvalue weighted by Gasteiger charge is -2.00. The molecule has 0 aliphatic rings. The van der Waals surface area contributed by atoms with E-state index in [1.165, 1.54) is 6.07 Å². The van der Waals surface area contributed by atoms with E-state index in [2.05, 4.69) is 15.9 Å². The third-order valence-electron chi connectivity index (χ3n) is 2.02. The molecule has 2 rings (SSSR count). The second-order valence-corrected chi connectivity index (χ2v) is 3.52. The summed E-state index contributed by atoms with van der Waals surface area (Å²) in [4.78, 5) is 0. The van der Waals surface area contributed by atoms with Crippen molar-refractivity contribution in [2.75, 3.05) is 0 Å². The molecule has 0 bridgehead atoms. The van der Waals surface area contributed by atoms with Gasteiger partial charge in [0.15, 0.2) is 0 Å². The molecule has 66 valence electrons. The smallest absolute Gasteiger partial charge is 0.123 e. The Morgan fingerprint density at radius 2 is 1.77 bits per heavy atom. The molecule has 2 aromatic rings. The Hall–Kier alpha value is -0.890. The Morgan fingerprint density at radius 1 is 1.00 bits per heavy atom. The quantitative estimate of drug-likeness (QED) is 0.662. The van der Waals surface area contributed by atoms with E-state index in [0.717, 1.165) is 21.7 Å². The summed E-state index contributed by atoms with van der Waals surface area (Å²) in [5, 5.41) is 2.84. The van der Waals surface area contributed by atoms with Crippen molar-refractivity contribution in [3.63, 3.8) is 0 Å². The number of fused-ring (bicyclic) bond motifs is 1. The SMILES string of the molecule is Fc1ccc2ccc(CBr)cc2c1. The zero-order valence-corrected chi connectivity index (χ0v) is 8.51. The van der Waals surface area contributed by atoms with Gasteiger partial charge in [0.1, 0.15) is 5.82 Å². The van der Waals surface area contributed by atoms with Crippen molar-refractivity contribution < 1.29 is 4.39 Å². The molecule has 0 aliphatic heterocycles. The average Bonchev–Trinajstić information content (AvgIpc) is 2.16. The minimum atomic E-state index is -0.181. The Balaban J connectivity index is 2.68. The van der Waals surface area contributed by atoms with E-state index < -0.39 is 0 Å². The van der Waals surface area contributed by atoms with Crippen molar-refractivity contribution in [3.05, 3.63) is 47.8 Å². The highest BCUT2D eigenvalue weighted by Crippen LogP contribution is 2.18. The molecule has 0 atom stereocenters. The van der Waals surface area contributed by atoms with Crippen LogP contribution in [-0.2, 0) is 5.33 Å². The maximum atomic E-state index is 12.9. The molecule has 2 aromatic carbocycles. The molecule has 2 heteroatoms. The second-order valence-electron chi connectivity index (χ2n) is 2.96. The Labute approximate surface area is 84.5 Å². The van der Waals surface area contributed by atoms with Crippen molar-refractivity contribution in [1.82, 2.24) is 0 Å². The van der Waals surface area contributed by atoms with Crippen LogP contribution in [0.15, 0.2) is 36.4 Å². The lowest BCUT2D eigenvalue weighted by Crippen LogP contribution is -1.80. The van der Waals surface area contributed by atoms with Gasteiger partial charge in [-0.15, -0.1) is 0 Å². The molecule has 0 saturated carbocycles. The first-order chi connectivity index (χ1) is 6.29. The number of halogens is 2. The van der Waals surface area contributed by atoms with Gasteiger partial charge in [0.2, 0.25) is 0 Å². The Bertz CT molecular complexity index is 437. The van der Waals surface area contributed by atoms with E-state index >= 15 is 0 Å². The van der Waals surface area contributed by atoms with Crippen molar-refractivity contribution in [2.45, 2.75) is 5.33 Å². The van der Waals surface area contributed by atoms with Crippen LogP contribution in [0.5, 0.6) is 0 Å². The molecule has 0 nitrogen and oxygen atoms in total. The summed E-state index contributed by atoms with van der Waals surface area (Å²) in [5.74, 6) is -0.181. The van der Waals surface area contributed by atoms with Crippen LogP contribution in [0.3, 0.4) is 0 Å². The summed E-state index contributed by atoms with van der Waals surface area (Å²) in [7, 11) is 0. The van der Waals surface area contributed by atoms with Gasteiger partial charge in [0.25, 0.3) is 0 Å². The molecule has 13 heavy (non-hydrogen) atoms. The third kappa shape index (κ3) is 1.73. The largest absolute Gasteiger partial charge is 0.207 e. The zero-order valence-electron chi connectivity index (χ0n) is 6.93. The van der Waals surface area contributed by atoms with Crippen LogP contribution in [0.1, 0.15) is 5.56 Å². The zero-order chi connectivity index (χ0) is 9.26. The first-order valence-electron chi connectivity index (χ1n) is 4.04. The van der Waals surface area contributed by atoms with Gasteiger partial charge in [-0.1, -0.05) is 40.2 Å². The maximum Gasteiger partial charge on any atom is 0.123 e. The Kier molecular flexibility index (Phi) is 2.32. The molecule has 0 amide bonds. The minimum Gasteiger partial charge on any atom is -0.207 e. The van der Waals surface area contributed by atoms with Gasteiger partial charge in [-0.25, -0.2) is 4.39 Å². The molecule has 0 aromatic heterocycles. The monoisotopic (exact) mass is 238 g/mol. The first kappa shape index (κ1) is 8.70. The lowest BCUT2D eigenvalue weighted by molar-refractivity contribution is 0.630. The van der Waals surface area contributed by atoms with E-state index in [9.17, 15) is 4.39 Å². The molecule has 0 spiro atoms. The number of benzene rings is 2. The molecule has 0 heterocycles. The van der Waals surface area contributed by atoms with Crippen LogP contribution in [0.4, 0.5) is 4.39 Å². The molecular formula is C11H8BrF. The minimum absolute atomic E-state index is 0.181. The summed E-state index contributed by atoms with van der Waals surface area (Å²) in [5.41, 5.74) is 1.16. The van der Waals surface area contributed by atoms with E-state index in [-0.39, 0.29) is 5.82 Å². The molecule has 0 N–H and O–H groups in total. The van der Waals surface area contributed by atoms with Gasteiger partial charge >= 0.3 is 0 Å². The molecule has 0 unspecified atom stereocenters. The fourth-order valence-corrected chi connectivity index (χ4v) is 1.70. The summed E-state index contributed by atoms with van der Waals surface area (Å²) in [6, 6.07) is 10.9. The number of alkyl halides is 1. The predicted octanol–water partition coefficient (Wildman–Crippen LogP) is 3.87. The molecular weight excluding hydrogens is 231 g/mol. The van der Waals surface area contributed by atoms with Crippen LogP contribution in [0.2, 0.25) is 0 Å². The second kappa shape index (κ2) is 3.46. The topological polar surface area (TPSA) is 0 Å². The van der Waals surface area contributed by atoms with Gasteiger partial charge in [0.05, 0.1) is 0 Å². The fourth-order valence-electron chi connectivity index (χ4n) is 1.35. The Morgan fingerprint density at radius 3 is 2.54 bits per heavy atom. The van der Waals surface area contributed by atoms with Crippen LogP contribution in [0.25, 0.3) is 10.8 Å². The standard InChI is InChI=1S/C11H8BrF/c12-7-8-1-2-9-3-4-11(13)6-10(9)5-8/h1-6H,7H2. The number of hydrogen-bond acceptors (Lipinski definition) is 0. The highest BCUT2D eigenvalue weighted by molar-refractivity contribution is 9.08. The molecule has 0 saturated heterocycles. The normalized spacial score (nSPS) is 10.6. The van der Waals surface area contributed by atoms with Gasteiger partial charge in [-0.2, -0.15) is 0 Å². The summed E-state index contributed by atoms with van der Waals surface area (Å²) in [6.07, 6.45) is 0.